The molecule has 0 bridgehead atoms. The van der Waals surface area contributed by atoms with Crippen LogP contribution in [0.5, 0.6) is 0 Å². The SMILES string of the molecule is CCN(CC(C)C(=O)O)C(=O)Nc1ccn(C)n1. The Bertz CT molecular complexity index is 430. The van der Waals surface area contributed by atoms with Crippen LogP contribution in [0.3, 0.4) is 0 Å². The zero-order chi connectivity index (χ0) is 13.7. The molecule has 1 atom stereocenters. The number of aromatic nitrogens is 2. The third-order valence-electron chi connectivity index (χ3n) is 2.53. The molecule has 0 aliphatic carbocycles. The molecule has 0 aliphatic heterocycles. The van der Waals surface area contributed by atoms with Crippen LogP contribution < -0.4 is 5.32 Å². The van der Waals surface area contributed by atoms with Crippen LogP contribution in [0.4, 0.5) is 10.6 Å². The molecule has 0 aliphatic rings. The van der Waals surface area contributed by atoms with Crippen molar-refractivity contribution < 1.29 is 14.7 Å². The molecule has 0 radical (unpaired) electrons. The Morgan fingerprint density at radius 2 is 2.28 bits per heavy atom. The van der Waals surface area contributed by atoms with E-state index >= 15 is 0 Å². The van der Waals surface area contributed by atoms with E-state index in [2.05, 4.69) is 10.4 Å². The Hall–Kier alpha value is -2.05. The Balaban J connectivity index is 2.59. The summed E-state index contributed by atoms with van der Waals surface area (Å²) in [6.45, 7) is 3.98. The van der Waals surface area contributed by atoms with Gasteiger partial charge >= 0.3 is 12.0 Å². The number of anilines is 1. The summed E-state index contributed by atoms with van der Waals surface area (Å²) in [5.41, 5.74) is 0. The second-order valence-corrected chi connectivity index (χ2v) is 4.08. The van der Waals surface area contributed by atoms with Gasteiger partial charge in [-0.05, 0) is 6.92 Å². The predicted octanol–water partition coefficient (Wildman–Crippen LogP) is 0.995. The van der Waals surface area contributed by atoms with Gasteiger partial charge in [0.25, 0.3) is 0 Å². The highest BCUT2D eigenvalue weighted by Gasteiger charge is 2.19. The maximum atomic E-state index is 11.9. The zero-order valence-corrected chi connectivity index (χ0v) is 10.8. The molecule has 0 aromatic carbocycles. The van der Waals surface area contributed by atoms with Gasteiger partial charge in [-0.25, -0.2) is 4.79 Å². The molecule has 18 heavy (non-hydrogen) atoms. The van der Waals surface area contributed by atoms with Gasteiger partial charge in [0, 0.05) is 32.4 Å². The highest BCUT2D eigenvalue weighted by atomic mass is 16.4. The van der Waals surface area contributed by atoms with E-state index in [0.717, 1.165) is 0 Å². The minimum Gasteiger partial charge on any atom is -0.481 e. The first kappa shape index (κ1) is 14.0. The van der Waals surface area contributed by atoms with Crippen LogP contribution >= 0.6 is 0 Å². The van der Waals surface area contributed by atoms with E-state index in [1.165, 1.54) is 4.90 Å². The van der Waals surface area contributed by atoms with E-state index < -0.39 is 11.9 Å². The van der Waals surface area contributed by atoms with Crippen molar-refractivity contribution >= 4 is 17.8 Å². The number of hydrogen-bond acceptors (Lipinski definition) is 3. The van der Waals surface area contributed by atoms with E-state index in [9.17, 15) is 9.59 Å². The summed E-state index contributed by atoms with van der Waals surface area (Å²) in [5, 5.41) is 15.5. The topological polar surface area (TPSA) is 87.5 Å². The molecule has 0 saturated carbocycles. The number of nitrogens with one attached hydrogen (secondary N) is 1. The van der Waals surface area contributed by atoms with Crippen LogP contribution in [0, 0.1) is 5.92 Å². The number of urea groups is 1. The summed E-state index contributed by atoms with van der Waals surface area (Å²) in [6.07, 6.45) is 1.71. The van der Waals surface area contributed by atoms with Gasteiger partial charge < -0.3 is 10.0 Å². The second kappa shape index (κ2) is 6.04. The molecule has 1 aromatic heterocycles. The largest absolute Gasteiger partial charge is 0.481 e. The van der Waals surface area contributed by atoms with Gasteiger partial charge in [0.1, 0.15) is 0 Å². The molecule has 100 valence electrons. The molecule has 2 N–H and O–H groups in total. The molecule has 1 rings (SSSR count). The number of carbonyl (C=O) groups excluding carboxylic acids is 1. The van der Waals surface area contributed by atoms with Crippen molar-refractivity contribution in [3.05, 3.63) is 12.3 Å². The van der Waals surface area contributed by atoms with Crippen LogP contribution in [0.15, 0.2) is 12.3 Å². The lowest BCUT2D eigenvalue weighted by Gasteiger charge is -2.22. The van der Waals surface area contributed by atoms with E-state index in [1.54, 1.807) is 37.8 Å². The van der Waals surface area contributed by atoms with Crippen molar-refractivity contribution in [2.75, 3.05) is 18.4 Å². The molecule has 1 unspecified atom stereocenters. The Labute approximate surface area is 105 Å². The molecule has 7 heteroatoms. The van der Waals surface area contributed by atoms with Crippen molar-refractivity contribution in [1.29, 1.82) is 0 Å². The molecule has 1 heterocycles. The van der Waals surface area contributed by atoms with Gasteiger partial charge in [-0.1, -0.05) is 6.92 Å². The lowest BCUT2D eigenvalue weighted by atomic mass is 10.2. The average Bonchev–Trinajstić information content (AvgIpc) is 2.70. The number of hydrogen-bond donors (Lipinski definition) is 2. The zero-order valence-electron chi connectivity index (χ0n) is 10.8. The summed E-state index contributed by atoms with van der Waals surface area (Å²) in [7, 11) is 1.75. The Morgan fingerprint density at radius 3 is 2.72 bits per heavy atom. The lowest BCUT2D eigenvalue weighted by Crippen LogP contribution is -2.39. The fourth-order valence-electron chi connectivity index (χ4n) is 1.43. The van der Waals surface area contributed by atoms with E-state index in [1.807, 2.05) is 0 Å². The molecule has 2 amide bonds. The Morgan fingerprint density at radius 1 is 1.61 bits per heavy atom. The van der Waals surface area contributed by atoms with Crippen molar-refractivity contribution in [2.24, 2.45) is 13.0 Å². The quantitative estimate of drug-likeness (QED) is 0.820. The first-order chi connectivity index (χ1) is 8.43. The van der Waals surface area contributed by atoms with Crippen LogP contribution in [0.2, 0.25) is 0 Å². The summed E-state index contributed by atoms with van der Waals surface area (Å²) in [6, 6.07) is 1.33. The van der Waals surface area contributed by atoms with Crippen molar-refractivity contribution in [2.45, 2.75) is 13.8 Å². The van der Waals surface area contributed by atoms with E-state index in [0.29, 0.717) is 12.4 Å². The fraction of sp³-hybridized carbons (Fsp3) is 0.545. The van der Waals surface area contributed by atoms with Gasteiger partial charge in [-0.15, -0.1) is 0 Å². The van der Waals surface area contributed by atoms with Gasteiger partial charge in [-0.3, -0.25) is 14.8 Å². The first-order valence-corrected chi connectivity index (χ1v) is 5.72. The number of carboxylic acid groups (broad SMARTS) is 1. The summed E-state index contributed by atoms with van der Waals surface area (Å²) in [4.78, 5) is 24.1. The van der Waals surface area contributed by atoms with Gasteiger partial charge in [-0.2, -0.15) is 5.10 Å². The van der Waals surface area contributed by atoms with Crippen molar-refractivity contribution in [1.82, 2.24) is 14.7 Å². The van der Waals surface area contributed by atoms with Crippen LogP contribution in [-0.4, -0.2) is 44.9 Å². The maximum Gasteiger partial charge on any atom is 0.323 e. The lowest BCUT2D eigenvalue weighted by molar-refractivity contribution is -0.141. The summed E-state index contributed by atoms with van der Waals surface area (Å²) < 4.78 is 1.58. The maximum absolute atomic E-state index is 11.9. The summed E-state index contributed by atoms with van der Waals surface area (Å²) >= 11 is 0. The van der Waals surface area contributed by atoms with Gasteiger partial charge in [0.05, 0.1) is 5.92 Å². The third kappa shape index (κ3) is 3.76. The number of carbonyl (C=O) groups is 2. The smallest absolute Gasteiger partial charge is 0.323 e. The molecular weight excluding hydrogens is 236 g/mol. The van der Waals surface area contributed by atoms with Crippen molar-refractivity contribution in [3.8, 4) is 0 Å². The molecule has 0 spiro atoms. The number of nitrogens with zero attached hydrogens (tertiary/aromatic N) is 3. The van der Waals surface area contributed by atoms with E-state index in [4.69, 9.17) is 5.11 Å². The molecule has 1 aromatic rings. The number of carboxylic acids is 1. The monoisotopic (exact) mass is 254 g/mol. The predicted molar refractivity (Wildman–Crippen MR) is 66.3 cm³/mol. The number of rotatable bonds is 5. The standard InChI is InChI=1S/C11H18N4O3/c1-4-15(7-8(2)10(16)17)11(18)12-9-5-6-14(3)13-9/h5-6,8H,4,7H2,1-3H3,(H,16,17)(H,12,13,18). The molecular formula is C11H18N4O3. The first-order valence-electron chi connectivity index (χ1n) is 5.72. The average molecular weight is 254 g/mol. The van der Waals surface area contributed by atoms with Gasteiger partial charge in [0.2, 0.25) is 0 Å². The molecule has 0 fully saturated rings. The van der Waals surface area contributed by atoms with Gasteiger partial charge in [0.15, 0.2) is 5.82 Å². The second-order valence-electron chi connectivity index (χ2n) is 4.08. The summed E-state index contributed by atoms with van der Waals surface area (Å²) in [5.74, 6) is -1.07. The van der Waals surface area contributed by atoms with Crippen LogP contribution in [0.25, 0.3) is 0 Å². The minimum atomic E-state index is -0.918. The highest BCUT2D eigenvalue weighted by Crippen LogP contribution is 2.06. The third-order valence-corrected chi connectivity index (χ3v) is 2.53. The van der Waals surface area contributed by atoms with Crippen LogP contribution in [-0.2, 0) is 11.8 Å². The number of amides is 2. The minimum absolute atomic E-state index is 0.171. The highest BCUT2D eigenvalue weighted by molar-refractivity contribution is 5.88. The van der Waals surface area contributed by atoms with Crippen molar-refractivity contribution in [3.63, 3.8) is 0 Å². The molecule has 7 nitrogen and oxygen atoms in total. The normalized spacial score (nSPS) is 11.9. The Kier molecular flexibility index (Phi) is 4.70. The number of aliphatic carboxylic acids is 1. The fourth-order valence-corrected chi connectivity index (χ4v) is 1.43. The molecule has 0 saturated heterocycles. The number of aryl methyl sites for hydroxylation is 1. The van der Waals surface area contributed by atoms with E-state index in [-0.39, 0.29) is 12.6 Å². The van der Waals surface area contributed by atoms with Crippen LogP contribution in [0.1, 0.15) is 13.8 Å².